The van der Waals surface area contributed by atoms with Gasteiger partial charge in [0.15, 0.2) is 5.69 Å². The number of esters is 1. The summed E-state index contributed by atoms with van der Waals surface area (Å²) in [5.41, 5.74) is -1.25. The molecule has 0 fully saturated rings. The first kappa shape index (κ1) is 14.3. The third-order valence-electron chi connectivity index (χ3n) is 2.10. The molecule has 0 bridgehead atoms. The molecule has 7 heteroatoms. The minimum absolute atomic E-state index is 0.00118. The van der Waals surface area contributed by atoms with Gasteiger partial charge in [0.2, 0.25) is 0 Å². The fourth-order valence-electron chi connectivity index (χ4n) is 1.36. The number of carbonyl (C=O) groups is 1. The van der Waals surface area contributed by atoms with Gasteiger partial charge in [-0.25, -0.2) is 18.6 Å². The zero-order valence-corrected chi connectivity index (χ0v) is 10.2. The highest BCUT2D eigenvalue weighted by molar-refractivity contribution is 6.17. The van der Waals surface area contributed by atoms with E-state index in [1.54, 1.807) is 6.92 Å². The predicted molar refractivity (Wildman–Crippen MR) is 59.4 cm³/mol. The summed E-state index contributed by atoms with van der Waals surface area (Å²) < 4.78 is 30.2. The molecule has 0 atom stereocenters. The molecule has 4 nitrogen and oxygen atoms in total. The van der Waals surface area contributed by atoms with Crippen LogP contribution in [0.3, 0.4) is 0 Å². The Hall–Kier alpha value is -1.74. The van der Waals surface area contributed by atoms with Gasteiger partial charge in [0.25, 0.3) is 6.43 Å². The molecular weight excluding hydrogens is 266 g/mol. The number of pyridine rings is 1. The second kappa shape index (κ2) is 6.26. The third kappa shape index (κ3) is 2.93. The molecule has 96 valence electrons. The highest BCUT2D eigenvalue weighted by Crippen LogP contribution is 2.27. The lowest BCUT2D eigenvalue weighted by molar-refractivity contribution is 0.0518. The van der Waals surface area contributed by atoms with Crippen LogP contribution in [-0.4, -0.2) is 17.6 Å². The predicted octanol–water partition coefficient (Wildman–Crippen LogP) is 2.81. The summed E-state index contributed by atoms with van der Waals surface area (Å²) in [7, 11) is 0. The van der Waals surface area contributed by atoms with Crippen LogP contribution in [0.4, 0.5) is 8.78 Å². The summed E-state index contributed by atoms with van der Waals surface area (Å²) in [4.78, 5) is 15.0. The van der Waals surface area contributed by atoms with Gasteiger partial charge in [-0.1, -0.05) is 0 Å². The summed E-state index contributed by atoms with van der Waals surface area (Å²) in [6.07, 6.45) is -2.88. The van der Waals surface area contributed by atoms with Crippen LogP contribution in [0, 0.1) is 11.3 Å². The summed E-state index contributed by atoms with van der Waals surface area (Å²) >= 11 is 5.54. The van der Waals surface area contributed by atoms with Crippen molar-refractivity contribution in [3.05, 3.63) is 28.6 Å². The van der Waals surface area contributed by atoms with Crippen molar-refractivity contribution >= 4 is 17.6 Å². The van der Waals surface area contributed by atoms with E-state index in [0.717, 1.165) is 6.07 Å². The fourth-order valence-corrected chi connectivity index (χ4v) is 1.58. The molecule has 1 heterocycles. The van der Waals surface area contributed by atoms with E-state index in [9.17, 15) is 13.6 Å². The maximum Gasteiger partial charge on any atom is 0.356 e. The fraction of sp³-hybridized carbons (Fsp3) is 0.364. The van der Waals surface area contributed by atoms with Crippen molar-refractivity contribution in [2.75, 3.05) is 6.61 Å². The number of ether oxygens (including phenoxy) is 1. The van der Waals surface area contributed by atoms with E-state index >= 15 is 0 Å². The monoisotopic (exact) mass is 274 g/mol. The highest BCUT2D eigenvalue weighted by atomic mass is 35.5. The number of nitrogens with zero attached hydrogens (tertiary/aromatic N) is 2. The molecule has 0 unspecified atom stereocenters. The zero-order valence-electron chi connectivity index (χ0n) is 9.41. The van der Waals surface area contributed by atoms with Crippen molar-refractivity contribution in [2.24, 2.45) is 0 Å². The first-order chi connectivity index (χ1) is 8.54. The van der Waals surface area contributed by atoms with Gasteiger partial charge >= 0.3 is 5.97 Å². The lowest BCUT2D eigenvalue weighted by Crippen LogP contribution is -2.11. The third-order valence-corrected chi connectivity index (χ3v) is 2.38. The Morgan fingerprint density at radius 2 is 2.33 bits per heavy atom. The molecule has 0 aliphatic heterocycles. The molecule has 1 aromatic heterocycles. The van der Waals surface area contributed by atoms with Crippen LogP contribution in [0.25, 0.3) is 0 Å². The molecule has 0 aromatic carbocycles. The van der Waals surface area contributed by atoms with E-state index in [2.05, 4.69) is 9.72 Å². The molecule has 0 saturated carbocycles. The van der Waals surface area contributed by atoms with Crippen molar-refractivity contribution in [3.8, 4) is 6.07 Å². The molecule has 0 aliphatic rings. The van der Waals surface area contributed by atoms with Gasteiger partial charge in [-0.15, -0.1) is 11.6 Å². The summed E-state index contributed by atoms with van der Waals surface area (Å²) in [6.45, 7) is 1.72. The first-order valence-electron chi connectivity index (χ1n) is 5.00. The maximum absolute atomic E-state index is 12.8. The van der Waals surface area contributed by atoms with E-state index in [1.807, 2.05) is 0 Å². The van der Waals surface area contributed by atoms with Gasteiger partial charge in [0.05, 0.1) is 12.2 Å². The number of hydrogen-bond acceptors (Lipinski definition) is 4. The summed E-state index contributed by atoms with van der Waals surface area (Å²) in [5.74, 6) is -1.02. The van der Waals surface area contributed by atoms with E-state index < -0.39 is 23.7 Å². The Morgan fingerprint density at radius 1 is 1.67 bits per heavy atom. The van der Waals surface area contributed by atoms with Crippen molar-refractivity contribution in [3.63, 3.8) is 0 Å². The minimum atomic E-state index is -2.88. The Kier molecular flexibility index (Phi) is 4.98. The summed E-state index contributed by atoms with van der Waals surface area (Å²) in [5, 5.41) is 8.78. The molecule has 0 radical (unpaired) electrons. The van der Waals surface area contributed by atoms with E-state index in [1.165, 1.54) is 6.07 Å². The molecule has 0 N–H and O–H groups in total. The number of halogens is 3. The normalized spacial score (nSPS) is 10.2. The lowest BCUT2D eigenvalue weighted by Gasteiger charge is -2.10. The van der Waals surface area contributed by atoms with Crippen LogP contribution >= 0.6 is 11.6 Å². The van der Waals surface area contributed by atoms with E-state index in [0.29, 0.717) is 0 Å². The second-order valence-electron chi connectivity index (χ2n) is 3.20. The maximum atomic E-state index is 12.8. The highest BCUT2D eigenvalue weighted by Gasteiger charge is 2.22. The summed E-state index contributed by atoms with van der Waals surface area (Å²) in [6, 6.07) is 2.65. The number of alkyl halides is 3. The van der Waals surface area contributed by atoms with Gasteiger partial charge in [0.1, 0.15) is 11.8 Å². The number of carbonyl (C=O) groups excluding carboxylic acids is 1. The topological polar surface area (TPSA) is 63.0 Å². The van der Waals surface area contributed by atoms with E-state index in [4.69, 9.17) is 16.9 Å². The molecule has 0 saturated heterocycles. The van der Waals surface area contributed by atoms with Crippen LogP contribution in [0.1, 0.15) is 40.7 Å². The zero-order chi connectivity index (χ0) is 13.7. The largest absolute Gasteiger partial charge is 0.461 e. The smallest absolute Gasteiger partial charge is 0.356 e. The molecule has 1 rings (SSSR count). The second-order valence-corrected chi connectivity index (χ2v) is 3.46. The van der Waals surface area contributed by atoms with Crippen LogP contribution in [-0.2, 0) is 10.6 Å². The molecule has 0 aliphatic carbocycles. The van der Waals surface area contributed by atoms with Crippen LogP contribution < -0.4 is 0 Å². The number of rotatable bonds is 4. The first-order valence-corrected chi connectivity index (χ1v) is 5.53. The average Bonchev–Trinajstić information content (AvgIpc) is 2.36. The quantitative estimate of drug-likeness (QED) is 0.625. The molecule has 0 amide bonds. The van der Waals surface area contributed by atoms with Gasteiger partial charge in [-0.3, -0.25) is 0 Å². The number of aromatic nitrogens is 1. The van der Waals surface area contributed by atoms with Crippen LogP contribution in [0.15, 0.2) is 6.07 Å². The SMILES string of the molecule is CCOC(=O)c1cc(CCl)c(C(F)F)c(C#N)n1. The molecule has 0 spiro atoms. The van der Waals surface area contributed by atoms with Gasteiger partial charge in [0, 0.05) is 5.88 Å². The van der Waals surface area contributed by atoms with Crippen molar-refractivity contribution in [1.29, 1.82) is 5.26 Å². The van der Waals surface area contributed by atoms with Crippen LogP contribution in [0.5, 0.6) is 0 Å². The van der Waals surface area contributed by atoms with Gasteiger partial charge in [-0.2, -0.15) is 5.26 Å². The minimum Gasteiger partial charge on any atom is -0.461 e. The number of hydrogen-bond donors (Lipinski definition) is 0. The van der Waals surface area contributed by atoms with Crippen molar-refractivity contribution in [1.82, 2.24) is 4.98 Å². The van der Waals surface area contributed by atoms with Gasteiger partial charge < -0.3 is 4.74 Å². The molecule has 18 heavy (non-hydrogen) atoms. The Labute approximate surface area is 107 Å². The Balaban J connectivity index is 3.36. The molecule has 1 aromatic rings. The lowest BCUT2D eigenvalue weighted by atomic mass is 10.1. The van der Waals surface area contributed by atoms with Crippen molar-refractivity contribution < 1.29 is 18.3 Å². The Morgan fingerprint density at radius 3 is 2.78 bits per heavy atom. The number of nitriles is 1. The van der Waals surface area contributed by atoms with E-state index in [-0.39, 0.29) is 23.7 Å². The van der Waals surface area contributed by atoms with Gasteiger partial charge in [-0.05, 0) is 18.6 Å². The van der Waals surface area contributed by atoms with Crippen LogP contribution in [0.2, 0.25) is 0 Å². The molecular formula is C11H9ClF2N2O2. The average molecular weight is 275 g/mol. The Bertz CT molecular complexity index is 501. The standard InChI is InChI=1S/C11H9ClF2N2O2/c1-2-18-11(17)7-3-6(4-12)9(10(13)14)8(5-15)16-7/h3,10H,2,4H2,1H3. The van der Waals surface area contributed by atoms with Crippen molar-refractivity contribution in [2.45, 2.75) is 19.2 Å².